The van der Waals surface area contributed by atoms with Gasteiger partial charge in [-0.25, -0.2) is 4.98 Å². The van der Waals surface area contributed by atoms with E-state index in [0.717, 1.165) is 43.8 Å². The van der Waals surface area contributed by atoms with Crippen molar-refractivity contribution in [2.75, 3.05) is 19.6 Å². The van der Waals surface area contributed by atoms with Gasteiger partial charge in [0.05, 0.1) is 11.0 Å². The molecule has 0 spiro atoms. The summed E-state index contributed by atoms with van der Waals surface area (Å²) in [5.41, 5.74) is 2.30. The standard InChI is InChI=1S/C15H20ClIN2O/c1-20-10-4-2-3-9-19-14-6-5-12(17)11-13(14)18-15(19)7-8-16/h5-6,11H,2-4,7-10H2,1H3. The van der Waals surface area contributed by atoms with Crippen LogP contribution in [-0.4, -0.2) is 29.1 Å². The maximum atomic E-state index is 5.90. The first-order valence-electron chi connectivity index (χ1n) is 6.96. The first-order valence-corrected chi connectivity index (χ1v) is 8.57. The van der Waals surface area contributed by atoms with Gasteiger partial charge >= 0.3 is 0 Å². The summed E-state index contributed by atoms with van der Waals surface area (Å²) in [5.74, 6) is 1.72. The summed E-state index contributed by atoms with van der Waals surface area (Å²) in [6, 6.07) is 6.43. The van der Waals surface area contributed by atoms with Gasteiger partial charge in [0.1, 0.15) is 5.82 Å². The van der Waals surface area contributed by atoms with E-state index in [9.17, 15) is 0 Å². The van der Waals surface area contributed by atoms with E-state index in [2.05, 4.69) is 45.4 Å². The highest BCUT2D eigenvalue weighted by atomic mass is 127. The molecular formula is C15H20ClIN2O. The molecule has 0 unspecified atom stereocenters. The number of alkyl halides is 1. The highest BCUT2D eigenvalue weighted by Crippen LogP contribution is 2.20. The van der Waals surface area contributed by atoms with E-state index in [0.29, 0.717) is 5.88 Å². The molecule has 2 rings (SSSR count). The second-order valence-corrected chi connectivity index (χ2v) is 6.43. The van der Waals surface area contributed by atoms with Crippen molar-refractivity contribution in [1.29, 1.82) is 0 Å². The van der Waals surface area contributed by atoms with Crippen LogP contribution in [0.4, 0.5) is 0 Å². The lowest BCUT2D eigenvalue weighted by Crippen LogP contribution is -2.05. The van der Waals surface area contributed by atoms with Crippen LogP contribution in [0.2, 0.25) is 0 Å². The number of rotatable bonds is 8. The number of imidazole rings is 1. The van der Waals surface area contributed by atoms with E-state index in [4.69, 9.17) is 21.3 Å². The van der Waals surface area contributed by atoms with E-state index < -0.39 is 0 Å². The van der Waals surface area contributed by atoms with Gasteiger partial charge in [-0.15, -0.1) is 11.6 Å². The van der Waals surface area contributed by atoms with Crippen LogP contribution in [0.1, 0.15) is 25.1 Å². The predicted octanol–water partition coefficient (Wildman–Crippen LogP) is 4.24. The monoisotopic (exact) mass is 406 g/mol. The molecule has 0 aliphatic heterocycles. The zero-order valence-corrected chi connectivity index (χ0v) is 14.7. The molecule has 0 aliphatic carbocycles. The first kappa shape index (κ1) is 16.0. The molecule has 1 heterocycles. The van der Waals surface area contributed by atoms with Crippen LogP contribution >= 0.6 is 34.2 Å². The summed E-state index contributed by atoms with van der Waals surface area (Å²) in [5, 5.41) is 0. The molecule has 0 atom stereocenters. The van der Waals surface area contributed by atoms with Crippen LogP contribution < -0.4 is 0 Å². The predicted molar refractivity (Wildman–Crippen MR) is 92.6 cm³/mol. The Bertz CT molecular complexity index is 556. The van der Waals surface area contributed by atoms with Crippen LogP contribution in [-0.2, 0) is 17.7 Å². The van der Waals surface area contributed by atoms with Crippen LogP contribution in [0.25, 0.3) is 11.0 Å². The number of nitrogens with zero attached hydrogens (tertiary/aromatic N) is 2. The van der Waals surface area contributed by atoms with E-state index in [-0.39, 0.29) is 0 Å². The van der Waals surface area contributed by atoms with Crippen molar-refractivity contribution in [3.8, 4) is 0 Å². The number of hydrogen-bond donors (Lipinski definition) is 0. The van der Waals surface area contributed by atoms with E-state index in [1.165, 1.54) is 15.5 Å². The smallest absolute Gasteiger partial charge is 0.111 e. The highest BCUT2D eigenvalue weighted by molar-refractivity contribution is 14.1. The lowest BCUT2D eigenvalue weighted by molar-refractivity contribution is 0.191. The molecule has 1 aromatic heterocycles. The summed E-state index contributed by atoms with van der Waals surface area (Å²) in [7, 11) is 1.75. The molecule has 0 bridgehead atoms. The average Bonchev–Trinajstić information content (AvgIpc) is 2.76. The van der Waals surface area contributed by atoms with Crippen LogP contribution in [0.5, 0.6) is 0 Å². The molecule has 5 heteroatoms. The third-order valence-corrected chi connectivity index (χ3v) is 4.20. The minimum Gasteiger partial charge on any atom is -0.385 e. The fraction of sp³-hybridized carbons (Fsp3) is 0.533. The van der Waals surface area contributed by atoms with Gasteiger partial charge in [-0.05, 0) is 60.1 Å². The number of aryl methyl sites for hydroxylation is 2. The lowest BCUT2D eigenvalue weighted by atomic mass is 10.2. The number of methoxy groups -OCH3 is 1. The van der Waals surface area contributed by atoms with Crippen molar-refractivity contribution in [3.05, 3.63) is 27.6 Å². The lowest BCUT2D eigenvalue weighted by Gasteiger charge is -2.08. The molecular weight excluding hydrogens is 387 g/mol. The zero-order valence-electron chi connectivity index (χ0n) is 11.7. The van der Waals surface area contributed by atoms with Gasteiger partial charge in [-0.2, -0.15) is 0 Å². The molecule has 110 valence electrons. The SMILES string of the molecule is COCCCCCn1c(CCCl)nc2cc(I)ccc21. The Morgan fingerprint density at radius 3 is 2.90 bits per heavy atom. The fourth-order valence-electron chi connectivity index (χ4n) is 2.37. The Labute approximate surface area is 138 Å². The maximum Gasteiger partial charge on any atom is 0.111 e. The summed E-state index contributed by atoms with van der Waals surface area (Å²) >= 11 is 8.22. The van der Waals surface area contributed by atoms with Gasteiger partial charge in [-0.1, -0.05) is 0 Å². The molecule has 0 saturated heterocycles. The molecule has 0 saturated carbocycles. The van der Waals surface area contributed by atoms with Crippen molar-refractivity contribution in [2.45, 2.75) is 32.2 Å². The summed E-state index contributed by atoms with van der Waals surface area (Å²) < 4.78 is 8.63. The Morgan fingerprint density at radius 1 is 1.30 bits per heavy atom. The molecule has 2 aromatic rings. The average molecular weight is 407 g/mol. The number of ether oxygens (including phenoxy) is 1. The molecule has 0 fully saturated rings. The summed E-state index contributed by atoms with van der Waals surface area (Å²) in [6.45, 7) is 1.85. The molecule has 0 amide bonds. The van der Waals surface area contributed by atoms with Crippen LogP contribution in [0.3, 0.4) is 0 Å². The van der Waals surface area contributed by atoms with Crippen molar-refractivity contribution < 1.29 is 4.74 Å². The highest BCUT2D eigenvalue weighted by Gasteiger charge is 2.10. The number of halogens is 2. The Balaban J connectivity index is 2.13. The molecule has 0 N–H and O–H groups in total. The molecule has 3 nitrogen and oxygen atoms in total. The van der Waals surface area contributed by atoms with Crippen LogP contribution in [0, 0.1) is 3.57 Å². The molecule has 0 radical (unpaired) electrons. The topological polar surface area (TPSA) is 27.1 Å². The molecule has 0 aliphatic rings. The maximum absolute atomic E-state index is 5.90. The zero-order chi connectivity index (χ0) is 14.4. The van der Waals surface area contributed by atoms with Crippen molar-refractivity contribution in [3.63, 3.8) is 0 Å². The Kier molecular flexibility index (Phi) is 6.58. The Hall–Kier alpha value is -0.330. The first-order chi connectivity index (χ1) is 9.76. The van der Waals surface area contributed by atoms with E-state index >= 15 is 0 Å². The fourth-order valence-corrected chi connectivity index (χ4v) is 3.01. The second kappa shape index (κ2) is 8.20. The van der Waals surface area contributed by atoms with E-state index in [1.54, 1.807) is 7.11 Å². The summed E-state index contributed by atoms with van der Waals surface area (Å²) in [4.78, 5) is 4.73. The van der Waals surface area contributed by atoms with Crippen molar-refractivity contribution in [1.82, 2.24) is 9.55 Å². The number of fused-ring (bicyclic) bond motifs is 1. The molecule has 20 heavy (non-hydrogen) atoms. The number of aromatic nitrogens is 2. The van der Waals surface area contributed by atoms with Gasteiger partial charge in [0.25, 0.3) is 0 Å². The normalized spacial score (nSPS) is 11.3. The van der Waals surface area contributed by atoms with Crippen molar-refractivity contribution >= 4 is 45.2 Å². The van der Waals surface area contributed by atoms with Gasteiger partial charge < -0.3 is 9.30 Å². The third kappa shape index (κ3) is 4.09. The third-order valence-electron chi connectivity index (χ3n) is 3.34. The van der Waals surface area contributed by atoms with Gasteiger partial charge in [0, 0.05) is 36.1 Å². The molecule has 1 aromatic carbocycles. The van der Waals surface area contributed by atoms with Gasteiger partial charge in [-0.3, -0.25) is 0 Å². The minimum absolute atomic E-state index is 0.615. The summed E-state index contributed by atoms with van der Waals surface area (Å²) in [6.07, 6.45) is 4.27. The van der Waals surface area contributed by atoms with Gasteiger partial charge in [0.2, 0.25) is 0 Å². The quantitative estimate of drug-likeness (QED) is 0.372. The number of unbranched alkanes of at least 4 members (excludes halogenated alkanes) is 2. The largest absolute Gasteiger partial charge is 0.385 e. The second-order valence-electron chi connectivity index (χ2n) is 4.81. The number of hydrogen-bond acceptors (Lipinski definition) is 2. The van der Waals surface area contributed by atoms with Gasteiger partial charge in [0.15, 0.2) is 0 Å². The van der Waals surface area contributed by atoms with E-state index in [1.807, 2.05) is 0 Å². The Morgan fingerprint density at radius 2 is 2.15 bits per heavy atom. The number of benzene rings is 1. The minimum atomic E-state index is 0.615. The van der Waals surface area contributed by atoms with Crippen LogP contribution in [0.15, 0.2) is 18.2 Å². The van der Waals surface area contributed by atoms with Crippen molar-refractivity contribution in [2.24, 2.45) is 0 Å².